The average molecular weight is 167 g/mol. The number of carbonyl (C=O) groups excluding carboxylic acids is 1. The summed E-state index contributed by atoms with van der Waals surface area (Å²) in [6.45, 7) is 5.68. The van der Waals surface area contributed by atoms with Crippen LogP contribution in [0.5, 0.6) is 0 Å². The molecule has 1 heterocycles. The van der Waals surface area contributed by atoms with Crippen molar-refractivity contribution in [2.75, 3.05) is 0 Å². The molecule has 66 valence electrons. The van der Waals surface area contributed by atoms with Crippen molar-refractivity contribution in [2.24, 2.45) is 5.92 Å². The Labute approximate surface area is 71.7 Å². The second kappa shape index (κ2) is 3.52. The molecule has 3 nitrogen and oxygen atoms in total. The summed E-state index contributed by atoms with van der Waals surface area (Å²) in [4.78, 5) is 11.0. The van der Waals surface area contributed by atoms with Gasteiger partial charge in [-0.25, -0.2) is 0 Å². The minimum atomic E-state index is 0.0203. The summed E-state index contributed by atoms with van der Waals surface area (Å²) in [5.74, 6) is 1.21. The van der Waals surface area contributed by atoms with Gasteiger partial charge in [-0.05, 0) is 12.8 Å². The van der Waals surface area contributed by atoms with Crippen LogP contribution in [0.4, 0.5) is 0 Å². The first kappa shape index (κ1) is 8.97. The molecule has 0 radical (unpaired) electrons. The molecule has 12 heavy (non-hydrogen) atoms. The molecule has 0 aromatic carbocycles. The van der Waals surface area contributed by atoms with E-state index < -0.39 is 0 Å². The molecule has 1 aromatic heterocycles. The standard InChI is InChI=1S/C9H13NO2/c1-6(2)4-9-8(7(3)11)5-10-12-9/h5-6H,4H2,1-3H3. The third kappa shape index (κ3) is 1.94. The molecular formula is C9H13NO2. The van der Waals surface area contributed by atoms with E-state index in [4.69, 9.17) is 4.52 Å². The Bertz CT molecular complexity index is 276. The molecule has 0 atom stereocenters. The molecule has 0 aliphatic rings. The summed E-state index contributed by atoms with van der Waals surface area (Å²) in [6, 6.07) is 0. The largest absolute Gasteiger partial charge is 0.361 e. The average Bonchev–Trinajstić information content (AvgIpc) is 2.33. The Morgan fingerprint density at radius 2 is 2.33 bits per heavy atom. The van der Waals surface area contributed by atoms with E-state index in [1.54, 1.807) is 0 Å². The molecule has 0 N–H and O–H groups in total. The molecule has 0 spiro atoms. The van der Waals surface area contributed by atoms with Gasteiger partial charge in [-0.3, -0.25) is 4.79 Å². The minimum Gasteiger partial charge on any atom is -0.361 e. The van der Waals surface area contributed by atoms with Crippen LogP contribution in [0.25, 0.3) is 0 Å². The van der Waals surface area contributed by atoms with Crippen molar-refractivity contribution in [3.8, 4) is 0 Å². The Hall–Kier alpha value is -1.12. The lowest BCUT2D eigenvalue weighted by molar-refractivity contribution is 0.101. The fraction of sp³-hybridized carbons (Fsp3) is 0.556. The predicted molar refractivity (Wildman–Crippen MR) is 45.0 cm³/mol. The third-order valence-electron chi connectivity index (χ3n) is 1.62. The maximum atomic E-state index is 11.0. The molecule has 3 heteroatoms. The smallest absolute Gasteiger partial charge is 0.164 e. The molecule has 0 saturated heterocycles. The van der Waals surface area contributed by atoms with E-state index in [2.05, 4.69) is 19.0 Å². The normalized spacial score (nSPS) is 10.7. The number of hydrogen-bond acceptors (Lipinski definition) is 3. The van der Waals surface area contributed by atoms with Crippen LogP contribution in [0.15, 0.2) is 10.7 Å². The first-order valence-electron chi connectivity index (χ1n) is 4.05. The summed E-state index contributed by atoms with van der Waals surface area (Å²) in [6.07, 6.45) is 2.26. The molecule has 0 amide bonds. The number of carbonyl (C=O) groups is 1. The van der Waals surface area contributed by atoms with Gasteiger partial charge in [0, 0.05) is 6.42 Å². The highest BCUT2D eigenvalue weighted by Crippen LogP contribution is 2.13. The van der Waals surface area contributed by atoms with Crippen LogP contribution < -0.4 is 0 Å². The maximum absolute atomic E-state index is 11.0. The highest BCUT2D eigenvalue weighted by Gasteiger charge is 2.12. The fourth-order valence-corrected chi connectivity index (χ4v) is 1.07. The van der Waals surface area contributed by atoms with Gasteiger partial charge in [-0.1, -0.05) is 19.0 Å². The van der Waals surface area contributed by atoms with E-state index in [-0.39, 0.29) is 5.78 Å². The number of rotatable bonds is 3. The molecule has 0 aliphatic heterocycles. The maximum Gasteiger partial charge on any atom is 0.164 e. The van der Waals surface area contributed by atoms with E-state index in [9.17, 15) is 4.79 Å². The van der Waals surface area contributed by atoms with E-state index in [0.29, 0.717) is 17.2 Å². The lowest BCUT2D eigenvalue weighted by atomic mass is 10.0. The minimum absolute atomic E-state index is 0.0203. The number of hydrogen-bond donors (Lipinski definition) is 0. The molecule has 0 unspecified atom stereocenters. The molecule has 0 saturated carbocycles. The van der Waals surface area contributed by atoms with Crippen molar-refractivity contribution in [3.63, 3.8) is 0 Å². The van der Waals surface area contributed by atoms with Gasteiger partial charge < -0.3 is 4.52 Å². The lowest BCUT2D eigenvalue weighted by Crippen LogP contribution is -1.99. The van der Waals surface area contributed by atoms with Crippen LogP contribution in [0, 0.1) is 5.92 Å². The monoisotopic (exact) mass is 167 g/mol. The van der Waals surface area contributed by atoms with Gasteiger partial charge in [-0.2, -0.15) is 0 Å². The molecular weight excluding hydrogens is 154 g/mol. The van der Waals surface area contributed by atoms with Crippen LogP contribution in [0.2, 0.25) is 0 Å². The van der Waals surface area contributed by atoms with Crippen molar-refractivity contribution in [3.05, 3.63) is 17.5 Å². The Balaban J connectivity index is 2.84. The second-order valence-corrected chi connectivity index (χ2v) is 3.32. The van der Waals surface area contributed by atoms with Crippen LogP contribution >= 0.6 is 0 Å². The number of nitrogens with zero attached hydrogens (tertiary/aromatic N) is 1. The summed E-state index contributed by atoms with van der Waals surface area (Å²) in [7, 11) is 0. The zero-order valence-electron chi connectivity index (χ0n) is 7.63. The quantitative estimate of drug-likeness (QED) is 0.647. The number of ketones is 1. The van der Waals surface area contributed by atoms with Crippen molar-refractivity contribution in [1.29, 1.82) is 0 Å². The molecule has 1 aromatic rings. The third-order valence-corrected chi connectivity index (χ3v) is 1.62. The van der Waals surface area contributed by atoms with Crippen LogP contribution in [-0.4, -0.2) is 10.9 Å². The van der Waals surface area contributed by atoms with E-state index in [0.717, 1.165) is 6.42 Å². The van der Waals surface area contributed by atoms with Gasteiger partial charge >= 0.3 is 0 Å². The topological polar surface area (TPSA) is 43.1 Å². The molecule has 0 bridgehead atoms. The second-order valence-electron chi connectivity index (χ2n) is 3.32. The van der Waals surface area contributed by atoms with Crippen molar-refractivity contribution >= 4 is 5.78 Å². The zero-order valence-corrected chi connectivity index (χ0v) is 7.63. The van der Waals surface area contributed by atoms with Crippen molar-refractivity contribution in [1.82, 2.24) is 5.16 Å². The first-order chi connectivity index (χ1) is 5.61. The first-order valence-corrected chi connectivity index (χ1v) is 4.05. The fourth-order valence-electron chi connectivity index (χ4n) is 1.07. The lowest BCUT2D eigenvalue weighted by Gasteiger charge is -2.00. The summed E-state index contributed by atoms with van der Waals surface area (Å²) < 4.78 is 4.97. The van der Waals surface area contributed by atoms with Crippen LogP contribution in [0.1, 0.15) is 36.9 Å². The number of aromatic nitrogens is 1. The van der Waals surface area contributed by atoms with Crippen molar-refractivity contribution in [2.45, 2.75) is 27.2 Å². The highest BCUT2D eigenvalue weighted by molar-refractivity contribution is 5.94. The zero-order chi connectivity index (χ0) is 9.14. The predicted octanol–water partition coefficient (Wildman–Crippen LogP) is 2.08. The van der Waals surface area contributed by atoms with Gasteiger partial charge in [0.2, 0.25) is 0 Å². The van der Waals surface area contributed by atoms with Gasteiger partial charge in [0.05, 0.1) is 11.8 Å². The Morgan fingerprint density at radius 3 is 2.83 bits per heavy atom. The molecule has 1 rings (SSSR count). The number of Topliss-reactive ketones (excluding diaryl/α,β-unsaturated/α-hetero) is 1. The van der Waals surface area contributed by atoms with Gasteiger partial charge in [0.1, 0.15) is 5.76 Å². The summed E-state index contributed by atoms with van der Waals surface area (Å²) >= 11 is 0. The Kier molecular flexibility index (Phi) is 2.63. The van der Waals surface area contributed by atoms with E-state index >= 15 is 0 Å². The Morgan fingerprint density at radius 1 is 1.67 bits per heavy atom. The highest BCUT2D eigenvalue weighted by atomic mass is 16.5. The van der Waals surface area contributed by atoms with Gasteiger partial charge in [0.15, 0.2) is 5.78 Å². The van der Waals surface area contributed by atoms with Gasteiger partial charge in [0.25, 0.3) is 0 Å². The van der Waals surface area contributed by atoms with Gasteiger partial charge in [-0.15, -0.1) is 0 Å². The SMILES string of the molecule is CC(=O)c1cnoc1CC(C)C. The molecule has 0 fully saturated rings. The van der Waals surface area contributed by atoms with Crippen molar-refractivity contribution < 1.29 is 9.32 Å². The van der Waals surface area contributed by atoms with E-state index in [1.807, 2.05) is 0 Å². The molecule has 0 aliphatic carbocycles. The summed E-state index contributed by atoms with van der Waals surface area (Å²) in [5, 5.41) is 3.60. The van der Waals surface area contributed by atoms with Crippen LogP contribution in [-0.2, 0) is 6.42 Å². The van der Waals surface area contributed by atoms with Crippen LogP contribution in [0.3, 0.4) is 0 Å². The van der Waals surface area contributed by atoms with E-state index in [1.165, 1.54) is 13.1 Å². The summed E-state index contributed by atoms with van der Waals surface area (Å²) in [5.41, 5.74) is 0.615.